The van der Waals surface area contributed by atoms with Gasteiger partial charge in [-0.15, -0.1) is 0 Å². The van der Waals surface area contributed by atoms with Crippen LogP contribution in [0.25, 0.3) is 22.6 Å². The first-order chi connectivity index (χ1) is 17.9. The Labute approximate surface area is 221 Å². The minimum absolute atomic E-state index is 0.189. The number of rotatable bonds is 7. The topological polar surface area (TPSA) is 73.6 Å². The van der Waals surface area contributed by atoms with Crippen LogP contribution in [0.4, 0.5) is 10.1 Å². The number of benzene rings is 4. The van der Waals surface area contributed by atoms with Crippen LogP contribution in [0.3, 0.4) is 0 Å². The molecular formula is C28H19Cl2FN2O4. The first-order valence-electron chi connectivity index (χ1n) is 11.1. The Morgan fingerprint density at radius 3 is 2.54 bits per heavy atom. The van der Waals surface area contributed by atoms with Crippen molar-refractivity contribution >= 4 is 45.9 Å². The summed E-state index contributed by atoms with van der Waals surface area (Å²) >= 11 is 12.1. The third kappa shape index (κ3) is 5.53. The summed E-state index contributed by atoms with van der Waals surface area (Å²) in [5.74, 6) is 0.390. The smallest absolute Gasteiger partial charge is 0.255 e. The molecule has 0 unspecified atom stereocenters. The molecule has 6 nitrogen and oxygen atoms in total. The second-order valence-electron chi connectivity index (χ2n) is 8.06. The molecule has 4 aromatic carbocycles. The number of anilines is 1. The number of halogens is 3. The van der Waals surface area contributed by atoms with Gasteiger partial charge in [0, 0.05) is 16.3 Å². The molecule has 186 valence electrons. The molecule has 0 aliphatic heterocycles. The van der Waals surface area contributed by atoms with Crippen LogP contribution >= 0.6 is 23.2 Å². The van der Waals surface area contributed by atoms with Crippen molar-refractivity contribution in [2.75, 3.05) is 12.4 Å². The zero-order valence-electron chi connectivity index (χ0n) is 19.4. The number of carbonyl (C=O) groups excluding carboxylic acids is 1. The van der Waals surface area contributed by atoms with E-state index in [1.54, 1.807) is 48.5 Å². The lowest BCUT2D eigenvalue weighted by molar-refractivity contribution is 0.102. The predicted molar refractivity (Wildman–Crippen MR) is 141 cm³/mol. The molecule has 0 radical (unpaired) electrons. The molecule has 1 heterocycles. The van der Waals surface area contributed by atoms with Crippen molar-refractivity contribution in [2.45, 2.75) is 6.61 Å². The first-order valence-corrected chi connectivity index (χ1v) is 11.9. The number of aromatic nitrogens is 1. The van der Waals surface area contributed by atoms with Crippen LogP contribution in [0.2, 0.25) is 10.0 Å². The third-order valence-electron chi connectivity index (χ3n) is 5.54. The Balaban J connectivity index is 1.31. The Bertz CT molecular complexity index is 1600. The van der Waals surface area contributed by atoms with Crippen LogP contribution in [0.15, 0.2) is 83.3 Å². The highest BCUT2D eigenvalue weighted by Crippen LogP contribution is 2.32. The molecule has 5 aromatic rings. The van der Waals surface area contributed by atoms with Gasteiger partial charge >= 0.3 is 0 Å². The molecule has 1 aromatic heterocycles. The summed E-state index contributed by atoms with van der Waals surface area (Å²) in [6, 6.07) is 21.3. The highest BCUT2D eigenvalue weighted by atomic mass is 35.5. The second kappa shape index (κ2) is 10.5. The third-order valence-corrected chi connectivity index (χ3v) is 6.11. The van der Waals surface area contributed by atoms with Gasteiger partial charge in [0.1, 0.15) is 17.9 Å². The average Bonchev–Trinajstić information content (AvgIpc) is 3.31. The van der Waals surface area contributed by atoms with E-state index in [9.17, 15) is 9.18 Å². The number of hydrogen-bond donors (Lipinski definition) is 1. The summed E-state index contributed by atoms with van der Waals surface area (Å²) in [5, 5.41) is 3.69. The van der Waals surface area contributed by atoms with Crippen molar-refractivity contribution in [3.63, 3.8) is 0 Å². The molecule has 1 amide bonds. The minimum Gasteiger partial charge on any atom is -0.493 e. The zero-order valence-corrected chi connectivity index (χ0v) is 20.9. The van der Waals surface area contributed by atoms with E-state index in [1.165, 1.54) is 25.3 Å². The molecule has 0 aliphatic rings. The molecule has 0 atom stereocenters. The van der Waals surface area contributed by atoms with Gasteiger partial charge in [0.25, 0.3) is 5.91 Å². The molecule has 1 N–H and O–H groups in total. The van der Waals surface area contributed by atoms with Crippen molar-refractivity contribution < 1.29 is 23.1 Å². The Hall–Kier alpha value is -4.07. The van der Waals surface area contributed by atoms with Crippen molar-refractivity contribution in [1.29, 1.82) is 0 Å². The zero-order chi connectivity index (χ0) is 25.9. The van der Waals surface area contributed by atoms with Crippen LogP contribution in [0, 0.1) is 5.82 Å². The quantitative estimate of drug-likeness (QED) is 0.230. The van der Waals surface area contributed by atoms with E-state index in [0.29, 0.717) is 51.0 Å². The summed E-state index contributed by atoms with van der Waals surface area (Å²) in [7, 11) is 1.51. The average molecular weight is 537 g/mol. The van der Waals surface area contributed by atoms with Crippen LogP contribution < -0.4 is 14.8 Å². The first kappa shape index (κ1) is 24.6. The molecule has 0 saturated carbocycles. The van der Waals surface area contributed by atoms with E-state index in [2.05, 4.69) is 10.3 Å². The number of methoxy groups -OCH3 is 1. The fourth-order valence-corrected chi connectivity index (χ4v) is 4.03. The number of ether oxygens (including phenoxy) is 2. The van der Waals surface area contributed by atoms with E-state index in [0.717, 1.165) is 5.56 Å². The fourth-order valence-electron chi connectivity index (χ4n) is 3.66. The van der Waals surface area contributed by atoms with E-state index in [-0.39, 0.29) is 16.8 Å². The van der Waals surface area contributed by atoms with Crippen molar-refractivity contribution in [3.05, 3.63) is 106 Å². The highest BCUT2D eigenvalue weighted by Gasteiger charge is 2.15. The summed E-state index contributed by atoms with van der Waals surface area (Å²) in [6.07, 6.45) is 0. The maximum absolute atomic E-state index is 13.4. The van der Waals surface area contributed by atoms with Crippen LogP contribution in [-0.4, -0.2) is 18.0 Å². The summed E-state index contributed by atoms with van der Waals surface area (Å²) in [6.45, 7) is 0.321. The molecular weight excluding hydrogens is 518 g/mol. The van der Waals surface area contributed by atoms with Crippen molar-refractivity contribution in [2.24, 2.45) is 0 Å². The number of oxazole rings is 1. The molecule has 37 heavy (non-hydrogen) atoms. The van der Waals surface area contributed by atoms with Gasteiger partial charge in [-0.05, 0) is 72.3 Å². The molecule has 0 aliphatic carbocycles. The van der Waals surface area contributed by atoms with Crippen LogP contribution in [0.1, 0.15) is 15.9 Å². The summed E-state index contributed by atoms with van der Waals surface area (Å²) in [4.78, 5) is 17.4. The van der Waals surface area contributed by atoms with E-state index < -0.39 is 5.82 Å². The fraction of sp³-hybridized carbons (Fsp3) is 0.0714. The number of fused-ring (bicyclic) bond motifs is 1. The van der Waals surface area contributed by atoms with Crippen molar-refractivity contribution in [1.82, 2.24) is 4.98 Å². The summed E-state index contributed by atoms with van der Waals surface area (Å²) < 4.78 is 30.4. The van der Waals surface area contributed by atoms with Gasteiger partial charge in [0.15, 0.2) is 17.1 Å². The standard InChI is InChI=1S/C28H19Cl2FN2O4/c1-35-26-12-17(4-10-25(26)36-15-16-2-5-18(29)6-3-16)27(34)32-20-8-11-24-23(14-20)33-28(37-24)21-9-7-19(31)13-22(21)30/h2-14H,15H2,1H3,(H,32,34). The van der Waals surface area contributed by atoms with Crippen LogP contribution in [-0.2, 0) is 6.61 Å². The Morgan fingerprint density at radius 1 is 0.973 bits per heavy atom. The Kier molecular flexibility index (Phi) is 6.99. The summed E-state index contributed by atoms with van der Waals surface area (Å²) in [5.41, 5.74) is 3.32. The predicted octanol–water partition coefficient (Wildman–Crippen LogP) is 7.78. The number of carbonyl (C=O) groups is 1. The molecule has 5 rings (SSSR count). The minimum atomic E-state index is -0.451. The Morgan fingerprint density at radius 2 is 1.78 bits per heavy atom. The molecule has 0 bridgehead atoms. The second-order valence-corrected chi connectivity index (χ2v) is 8.90. The number of nitrogens with one attached hydrogen (secondary N) is 1. The SMILES string of the molecule is COc1cc(C(=O)Nc2ccc3oc(-c4ccc(F)cc4Cl)nc3c2)ccc1OCc1ccc(Cl)cc1. The van der Waals surface area contributed by atoms with E-state index >= 15 is 0 Å². The van der Waals surface area contributed by atoms with Gasteiger partial charge in [-0.25, -0.2) is 9.37 Å². The van der Waals surface area contributed by atoms with Gasteiger partial charge in [-0.2, -0.15) is 0 Å². The molecule has 9 heteroatoms. The number of hydrogen-bond acceptors (Lipinski definition) is 5. The van der Waals surface area contributed by atoms with Gasteiger partial charge in [0.2, 0.25) is 5.89 Å². The largest absolute Gasteiger partial charge is 0.493 e. The lowest BCUT2D eigenvalue weighted by Crippen LogP contribution is -2.12. The van der Waals surface area contributed by atoms with Gasteiger partial charge in [0.05, 0.1) is 17.7 Å². The monoisotopic (exact) mass is 536 g/mol. The molecule has 0 fully saturated rings. The molecule has 0 saturated heterocycles. The van der Waals surface area contributed by atoms with Gasteiger partial charge in [-0.3, -0.25) is 4.79 Å². The molecule has 0 spiro atoms. The van der Waals surface area contributed by atoms with Crippen molar-refractivity contribution in [3.8, 4) is 23.0 Å². The normalized spacial score (nSPS) is 10.9. The van der Waals surface area contributed by atoms with E-state index in [1.807, 2.05) is 12.1 Å². The van der Waals surface area contributed by atoms with E-state index in [4.69, 9.17) is 37.1 Å². The van der Waals surface area contributed by atoms with Gasteiger partial charge < -0.3 is 19.2 Å². The number of nitrogens with zero attached hydrogens (tertiary/aromatic N) is 1. The van der Waals surface area contributed by atoms with Gasteiger partial charge in [-0.1, -0.05) is 35.3 Å². The maximum atomic E-state index is 13.4. The lowest BCUT2D eigenvalue weighted by Gasteiger charge is -2.12. The maximum Gasteiger partial charge on any atom is 0.255 e. The number of amides is 1. The van der Waals surface area contributed by atoms with Crippen LogP contribution in [0.5, 0.6) is 11.5 Å². The lowest BCUT2D eigenvalue weighted by atomic mass is 10.1. The highest BCUT2D eigenvalue weighted by molar-refractivity contribution is 6.33.